The molecule has 1 fully saturated rings. The lowest BCUT2D eigenvalue weighted by Gasteiger charge is -2.39. The van der Waals surface area contributed by atoms with E-state index in [0.717, 1.165) is 12.1 Å². The van der Waals surface area contributed by atoms with Gasteiger partial charge >= 0.3 is 0 Å². The van der Waals surface area contributed by atoms with Gasteiger partial charge in [0.05, 0.1) is 5.56 Å². The Morgan fingerprint density at radius 1 is 1.20 bits per heavy atom. The van der Waals surface area contributed by atoms with Gasteiger partial charge in [0.15, 0.2) is 6.29 Å². The van der Waals surface area contributed by atoms with Crippen molar-refractivity contribution in [3.8, 4) is 0 Å². The van der Waals surface area contributed by atoms with Crippen LogP contribution in [0.5, 0.6) is 0 Å². The van der Waals surface area contributed by atoms with Gasteiger partial charge in [0.2, 0.25) is 6.41 Å². The van der Waals surface area contributed by atoms with Crippen molar-refractivity contribution in [2.75, 3.05) is 24.5 Å². The van der Waals surface area contributed by atoms with E-state index in [9.17, 15) is 18.8 Å². The molecule has 0 radical (unpaired) electrons. The first-order chi connectivity index (χ1) is 11.7. The Morgan fingerprint density at radius 3 is 2.28 bits per heavy atom. The number of ether oxygens (including phenoxy) is 1. The summed E-state index contributed by atoms with van der Waals surface area (Å²) in [6.07, 6.45) is 1.35. The zero-order valence-electron chi connectivity index (χ0n) is 15.1. The number of amides is 1. The van der Waals surface area contributed by atoms with Crippen LogP contribution < -0.4 is 4.90 Å². The predicted molar refractivity (Wildman–Crippen MR) is 93.1 cm³/mol. The topological polar surface area (TPSA) is 66.9 Å². The lowest BCUT2D eigenvalue weighted by atomic mass is 10.1. The zero-order chi connectivity index (χ0) is 19.0. The Hall–Kier alpha value is -2.44. The number of hydrogen-bond donors (Lipinski definition) is 0. The maximum atomic E-state index is 13.5. The van der Waals surface area contributed by atoms with Crippen LogP contribution in [0.15, 0.2) is 18.2 Å². The van der Waals surface area contributed by atoms with Crippen LogP contribution in [0.2, 0.25) is 0 Å². The van der Waals surface area contributed by atoms with E-state index in [-0.39, 0.29) is 17.2 Å². The van der Waals surface area contributed by atoms with Crippen LogP contribution in [0.4, 0.5) is 10.1 Å². The highest BCUT2D eigenvalue weighted by atomic mass is 19.1. The number of carbonyl (C=O) groups excluding carboxylic acids is 3. The van der Waals surface area contributed by atoms with Crippen molar-refractivity contribution in [2.24, 2.45) is 0 Å². The summed E-state index contributed by atoms with van der Waals surface area (Å²) in [6, 6.07) is 4.68. The summed E-state index contributed by atoms with van der Waals surface area (Å²) >= 11 is 0. The van der Waals surface area contributed by atoms with Crippen molar-refractivity contribution in [2.45, 2.75) is 39.3 Å². The summed E-state index contributed by atoms with van der Waals surface area (Å²) in [5.74, 6) is -0.507. The van der Waals surface area contributed by atoms with Gasteiger partial charge in [-0.25, -0.2) is 4.39 Å². The number of piperazine rings is 1. The summed E-state index contributed by atoms with van der Waals surface area (Å²) in [5.41, 5.74) is 0.496. The van der Waals surface area contributed by atoms with E-state index in [0.29, 0.717) is 32.4 Å². The average molecular weight is 352 g/mol. The van der Waals surface area contributed by atoms with Crippen LogP contribution in [0, 0.1) is 5.82 Å². The quantitative estimate of drug-likeness (QED) is 0.778. The second kappa shape index (κ2) is 9.15. The van der Waals surface area contributed by atoms with E-state index in [4.69, 9.17) is 0 Å². The Morgan fingerprint density at radius 2 is 1.88 bits per heavy atom. The first-order valence-corrected chi connectivity index (χ1v) is 8.04. The van der Waals surface area contributed by atoms with Crippen molar-refractivity contribution in [1.82, 2.24) is 4.90 Å². The summed E-state index contributed by atoms with van der Waals surface area (Å²) in [4.78, 5) is 34.7. The SMILES string of the molecule is CC(C)(C)OC=O.CC1CN(c2ccc(C=O)c(F)c2)CCN1C=O. The third-order valence-electron chi connectivity index (χ3n) is 3.69. The molecule has 6 nitrogen and oxygen atoms in total. The molecule has 0 N–H and O–H groups in total. The maximum Gasteiger partial charge on any atom is 0.293 e. The van der Waals surface area contributed by atoms with E-state index in [2.05, 4.69) is 4.74 Å². The summed E-state index contributed by atoms with van der Waals surface area (Å²) in [5, 5.41) is 0. The number of halogens is 1. The molecule has 1 heterocycles. The fourth-order valence-electron chi connectivity index (χ4n) is 2.32. The molecule has 0 aliphatic carbocycles. The fourth-order valence-corrected chi connectivity index (χ4v) is 2.32. The molecule has 1 amide bonds. The number of benzene rings is 1. The Bertz CT molecular complexity index is 601. The molecule has 138 valence electrons. The molecule has 1 saturated heterocycles. The molecular weight excluding hydrogens is 327 g/mol. The van der Waals surface area contributed by atoms with E-state index in [1.54, 1.807) is 11.0 Å². The lowest BCUT2D eigenvalue weighted by molar-refractivity contribution is -0.138. The van der Waals surface area contributed by atoms with Crippen LogP contribution in [-0.2, 0) is 14.3 Å². The minimum Gasteiger partial charge on any atom is -0.462 e. The molecule has 0 bridgehead atoms. The molecule has 1 unspecified atom stereocenters. The number of hydrogen-bond acceptors (Lipinski definition) is 5. The fraction of sp³-hybridized carbons (Fsp3) is 0.500. The molecule has 7 heteroatoms. The Balaban J connectivity index is 0.000000381. The number of nitrogens with zero attached hydrogens (tertiary/aromatic N) is 2. The lowest BCUT2D eigenvalue weighted by Crippen LogP contribution is -2.51. The van der Waals surface area contributed by atoms with Crippen LogP contribution in [0.25, 0.3) is 0 Å². The highest BCUT2D eigenvalue weighted by Gasteiger charge is 2.22. The average Bonchev–Trinajstić information content (AvgIpc) is 2.54. The summed E-state index contributed by atoms with van der Waals surface area (Å²) < 4.78 is 18.1. The van der Waals surface area contributed by atoms with Crippen LogP contribution in [0.3, 0.4) is 0 Å². The number of rotatable bonds is 4. The number of anilines is 1. The van der Waals surface area contributed by atoms with Gasteiger partial charge in [0, 0.05) is 31.4 Å². The largest absolute Gasteiger partial charge is 0.462 e. The molecule has 2 rings (SSSR count). The number of aldehydes is 1. The highest BCUT2D eigenvalue weighted by Crippen LogP contribution is 2.21. The minimum atomic E-state index is -0.507. The monoisotopic (exact) mass is 352 g/mol. The maximum absolute atomic E-state index is 13.5. The van der Waals surface area contributed by atoms with Crippen LogP contribution in [-0.4, -0.2) is 55.3 Å². The standard InChI is InChI=1S/C13H15FN2O2.C5H10O2/c1-10-7-15(4-5-16(10)9-18)12-3-2-11(8-17)13(14)6-12;1-5(2,3)7-4-6/h2-3,6,8-10H,4-5,7H2,1H3;4H,1-3H3. The van der Waals surface area contributed by atoms with Gasteiger partial charge < -0.3 is 14.5 Å². The van der Waals surface area contributed by atoms with E-state index >= 15 is 0 Å². The molecule has 0 aromatic heterocycles. The molecule has 25 heavy (non-hydrogen) atoms. The van der Waals surface area contributed by atoms with Gasteiger partial charge in [-0.15, -0.1) is 0 Å². The van der Waals surface area contributed by atoms with Crippen LogP contribution in [0.1, 0.15) is 38.1 Å². The molecular formula is C18H25FN2O4. The molecule has 1 aliphatic rings. The molecule has 1 aromatic carbocycles. The smallest absolute Gasteiger partial charge is 0.293 e. The van der Waals surface area contributed by atoms with Gasteiger partial charge in [-0.2, -0.15) is 0 Å². The van der Waals surface area contributed by atoms with E-state index in [1.165, 1.54) is 12.1 Å². The molecule has 1 aliphatic heterocycles. The van der Waals surface area contributed by atoms with Gasteiger partial charge in [0.25, 0.3) is 6.47 Å². The number of carbonyl (C=O) groups is 3. The highest BCUT2D eigenvalue weighted by molar-refractivity contribution is 5.76. The third-order valence-corrected chi connectivity index (χ3v) is 3.69. The van der Waals surface area contributed by atoms with Gasteiger partial charge in [-0.1, -0.05) is 0 Å². The van der Waals surface area contributed by atoms with E-state index < -0.39 is 5.82 Å². The third kappa shape index (κ3) is 6.52. The minimum absolute atomic E-state index is 0.0679. The van der Waals surface area contributed by atoms with Crippen molar-refractivity contribution >= 4 is 24.9 Å². The Kier molecular flexibility index (Phi) is 7.54. The molecule has 0 spiro atoms. The second-order valence-corrected chi connectivity index (χ2v) is 6.79. The predicted octanol–water partition coefficient (Wildman–Crippen LogP) is 2.26. The second-order valence-electron chi connectivity index (χ2n) is 6.79. The van der Waals surface area contributed by atoms with Crippen molar-refractivity contribution in [3.05, 3.63) is 29.6 Å². The van der Waals surface area contributed by atoms with Crippen molar-refractivity contribution in [3.63, 3.8) is 0 Å². The first-order valence-electron chi connectivity index (χ1n) is 8.04. The molecule has 0 saturated carbocycles. The van der Waals surface area contributed by atoms with E-state index in [1.807, 2.05) is 32.6 Å². The van der Waals surface area contributed by atoms with Crippen molar-refractivity contribution < 1.29 is 23.5 Å². The van der Waals surface area contributed by atoms with Gasteiger partial charge in [-0.3, -0.25) is 14.4 Å². The molecule has 1 atom stereocenters. The Labute approximate surface area is 147 Å². The zero-order valence-corrected chi connectivity index (χ0v) is 15.1. The summed E-state index contributed by atoms with van der Waals surface area (Å²) in [6.45, 7) is 9.84. The van der Waals surface area contributed by atoms with Crippen LogP contribution >= 0.6 is 0 Å². The normalized spacial score (nSPS) is 17.2. The van der Waals surface area contributed by atoms with Gasteiger partial charge in [-0.05, 0) is 45.9 Å². The molecule has 1 aromatic rings. The van der Waals surface area contributed by atoms with Crippen molar-refractivity contribution in [1.29, 1.82) is 0 Å². The van der Waals surface area contributed by atoms with Gasteiger partial charge in [0.1, 0.15) is 11.4 Å². The summed E-state index contributed by atoms with van der Waals surface area (Å²) in [7, 11) is 0. The first kappa shape index (κ1) is 20.6.